The van der Waals surface area contributed by atoms with Crippen LogP contribution in [-0.2, 0) is 0 Å². The smallest absolute Gasteiger partial charge is 0.267 e. The summed E-state index contributed by atoms with van der Waals surface area (Å²) in [6.45, 7) is 0. The lowest BCUT2D eigenvalue weighted by molar-refractivity contribution is 0.0955. The second-order valence-electron chi connectivity index (χ2n) is 3.87. The number of aromatic nitrogens is 1. The zero-order chi connectivity index (χ0) is 15.4. The summed E-state index contributed by atoms with van der Waals surface area (Å²) in [5.41, 5.74) is 3.29. The number of hydrogen-bond donors (Lipinski definition) is 1. The first-order chi connectivity index (χ1) is 9.95. The lowest BCUT2D eigenvalue weighted by atomic mass is 10.2. The van der Waals surface area contributed by atoms with E-state index in [2.05, 4.69) is 15.5 Å². The molecule has 0 aliphatic carbocycles. The second-order valence-corrected chi connectivity index (χ2v) is 5.46. The van der Waals surface area contributed by atoms with Gasteiger partial charge in [0.25, 0.3) is 5.91 Å². The highest BCUT2D eigenvalue weighted by molar-refractivity contribution is 6.42. The molecule has 2 aromatic rings. The van der Waals surface area contributed by atoms with E-state index in [1.165, 1.54) is 18.3 Å². The van der Waals surface area contributed by atoms with E-state index in [0.29, 0.717) is 15.6 Å². The summed E-state index contributed by atoms with van der Waals surface area (Å²) < 4.78 is 0. The number of rotatable bonds is 3. The third-order valence-corrected chi connectivity index (χ3v) is 3.47. The van der Waals surface area contributed by atoms with Crippen molar-refractivity contribution in [2.45, 2.75) is 0 Å². The number of hydrazone groups is 1. The molecule has 0 bridgehead atoms. The second kappa shape index (κ2) is 7.09. The highest BCUT2D eigenvalue weighted by atomic mass is 35.5. The topological polar surface area (TPSA) is 54.4 Å². The van der Waals surface area contributed by atoms with Gasteiger partial charge >= 0.3 is 0 Å². The van der Waals surface area contributed by atoms with E-state index >= 15 is 0 Å². The molecule has 0 atom stereocenters. The molecule has 0 aliphatic rings. The third-order valence-electron chi connectivity index (χ3n) is 2.35. The van der Waals surface area contributed by atoms with Crippen LogP contribution < -0.4 is 5.43 Å². The molecular formula is C13H7Cl4N3O. The lowest BCUT2D eigenvalue weighted by Crippen LogP contribution is -2.17. The van der Waals surface area contributed by atoms with E-state index in [-0.39, 0.29) is 15.9 Å². The summed E-state index contributed by atoms with van der Waals surface area (Å²) in [5.74, 6) is -0.461. The Kier molecular flexibility index (Phi) is 5.42. The van der Waals surface area contributed by atoms with Gasteiger partial charge in [-0.3, -0.25) is 4.79 Å². The SMILES string of the molecule is O=C(N/N=C\c1ccc(Cl)c(Cl)c1)c1cc(Cl)nc(Cl)c1. The number of pyridine rings is 1. The van der Waals surface area contributed by atoms with Crippen molar-refractivity contribution in [3.05, 3.63) is 61.8 Å². The van der Waals surface area contributed by atoms with Crippen LogP contribution in [0, 0.1) is 0 Å². The normalized spacial score (nSPS) is 10.9. The van der Waals surface area contributed by atoms with Gasteiger partial charge in [0.05, 0.1) is 16.3 Å². The molecule has 4 nitrogen and oxygen atoms in total. The molecule has 1 aromatic heterocycles. The molecule has 0 spiro atoms. The van der Waals surface area contributed by atoms with Crippen LogP contribution in [0.5, 0.6) is 0 Å². The maximum atomic E-state index is 11.8. The molecule has 1 amide bonds. The van der Waals surface area contributed by atoms with Gasteiger partial charge in [-0.05, 0) is 29.8 Å². The van der Waals surface area contributed by atoms with E-state index < -0.39 is 5.91 Å². The van der Waals surface area contributed by atoms with Crippen molar-refractivity contribution >= 4 is 58.5 Å². The van der Waals surface area contributed by atoms with Gasteiger partial charge in [-0.2, -0.15) is 5.10 Å². The summed E-state index contributed by atoms with van der Waals surface area (Å²) in [5, 5.41) is 4.91. The zero-order valence-electron chi connectivity index (χ0n) is 10.3. The van der Waals surface area contributed by atoms with Crippen molar-refractivity contribution in [1.29, 1.82) is 0 Å². The highest BCUT2D eigenvalue weighted by Crippen LogP contribution is 2.21. The van der Waals surface area contributed by atoms with Gasteiger partial charge in [-0.1, -0.05) is 52.5 Å². The van der Waals surface area contributed by atoms with Crippen LogP contribution in [0.3, 0.4) is 0 Å². The molecule has 2 rings (SSSR count). The van der Waals surface area contributed by atoms with Gasteiger partial charge in [-0.15, -0.1) is 0 Å². The van der Waals surface area contributed by atoms with Crippen molar-refractivity contribution in [3.63, 3.8) is 0 Å². The fourth-order valence-electron chi connectivity index (χ4n) is 1.42. The Morgan fingerprint density at radius 3 is 2.33 bits per heavy atom. The first kappa shape index (κ1) is 16.0. The Balaban J connectivity index is 2.06. The summed E-state index contributed by atoms with van der Waals surface area (Å²) in [4.78, 5) is 15.6. The van der Waals surface area contributed by atoms with Crippen molar-refractivity contribution < 1.29 is 4.79 Å². The number of benzene rings is 1. The maximum Gasteiger partial charge on any atom is 0.271 e. The minimum Gasteiger partial charge on any atom is -0.267 e. The third kappa shape index (κ3) is 4.58. The minimum absolute atomic E-state index is 0.126. The number of halogens is 4. The summed E-state index contributed by atoms with van der Waals surface area (Å²) in [6, 6.07) is 7.74. The van der Waals surface area contributed by atoms with Crippen LogP contribution in [0.2, 0.25) is 20.4 Å². The number of hydrogen-bond acceptors (Lipinski definition) is 3. The largest absolute Gasteiger partial charge is 0.271 e. The van der Waals surface area contributed by atoms with Crippen molar-refractivity contribution in [1.82, 2.24) is 10.4 Å². The van der Waals surface area contributed by atoms with E-state index in [0.717, 1.165) is 0 Å². The minimum atomic E-state index is -0.461. The number of nitrogens with zero attached hydrogens (tertiary/aromatic N) is 2. The fraction of sp³-hybridized carbons (Fsp3) is 0. The molecule has 0 saturated heterocycles. The first-order valence-corrected chi connectivity index (χ1v) is 7.08. The van der Waals surface area contributed by atoms with Crippen LogP contribution in [0.1, 0.15) is 15.9 Å². The molecule has 1 N–H and O–H groups in total. The fourth-order valence-corrected chi connectivity index (χ4v) is 2.19. The number of carbonyl (C=O) groups excluding carboxylic acids is 1. The molecule has 21 heavy (non-hydrogen) atoms. The lowest BCUT2D eigenvalue weighted by Gasteiger charge is -2.01. The average molecular weight is 363 g/mol. The monoisotopic (exact) mass is 361 g/mol. The van der Waals surface area contributed by atoms with E-state index in [1.54, 1.807) is 18.2 Å². The molecule has 0 fully saturated rings. The number of carbonyl (C=O) groups is 1. The van der Waals surface area contributed by atoms with Crippen molar-refractivity contribution in [2.24, 2.45) is 5.10 Å². The number of nitrogens with one attached hydrogen (secondary N) is 1. The molecule has 0 unspecified atom stereocenters. The molecule has 108 valence electrons. The van der Waals surface area contributed by atoms with Gasteiger partial charge in [-0.25, -0.2) is 10.4 Å². The molecular weight excluding hydrogens is 356 g/mol. The Morgan fingerprint density at radius 2 is 1.71 bits per heavy atom. The average Bonchev–Trinajstić information content (AvgIpc) is 2.41. The van der Waals surface area contributed by atoms with Crippen LogP contribution in [0.25, 0.3) is 0 Å². The molecule has 1 heterocycles. The number of amides is 1. The molecule has 0 radical (unpaired) electrons. The van der Waals surface area contributed by atoms with E-state index in [9.17, 15) is 4.79 Å². The van der Waals surface area contributed by atoms with Crippen LogP contribution in [-0.4, -0.2) is 17.1 Å². The standard InChI is InChI=1S/C13H7Cl4N3O/c14-9-2-1-7(3-10(9)15)6-18-20-13(21)8-4-11(16)19-12(17)5-8/h1-6H,(H,20,21)/b18-6-. The zero-order valence-corrected chi connectivity index (χ0v) is 13.3. The quantitative estimate of drug-likeness (QED) is 0.498. The van der Waals surface area contributed by atoms with Crippen molar-refractivity contribution in [2.75, 3.05) is 0 Å². The Hall–Kier alpha value is -1.33. The highest BCUT2D eigenvalue weighted by Gasteiger charge is 2.07. The van der Waals surface area contributed by atoms with Gasteiger partial charge in [0.1, 0.15) is 10.3 Å². The molecule has 8 heteroatoms. The van der Waals surface area contributed by atoms with Gasteiger partial charge in [0.2, 0.25) is 0 Å². The summed E-state index contributed by atoms with van der Waals surface area (Å²) >= 11 is 23.1. The van der Waals surface area contributed by atoms with Crippen LogP contribution in [0.4, 0.5) is 0 Å². The molecule has 1 aromatic carbocycles. The molecule has 0 aliphatic heterocycles. The Morgan fingerprint density at radius 1 is 1.05 bits per heavy atom. The molecule has 0 saturated carbocycles. The summed E-state index contributed by atoms with van der Waals surface area (Å²) in [7, 11) is 0. The Bertz CT molecular complexity index is 698. The predicted octanol–water partition coefficient (Wildman–Crippen LogP) is 4.46. The first-order valence-electron chi connectivity index (χ1n) is 5.57. The van der Waals surface area contributed by atoms with E-state index in [1.807, 2.05) is 0 Å². The van der Waals surface area contributed by atoms with Crippen LogP contribution in [0.15, 0.2) is 35.4 Å². The van der Waals surface area contributed by atoms with Gasteiger partial charge in [0.15, 0.2) is 0 Å². The Labute approximate surface area is 140 Å². The van der Waals surface area contributed by atoms with Crippen molar-refractivity contribution in [3.8, 4) is 0 Å². The summed E-state index contributed by atoms with van der Waals surface area (Å²) in [6.07, 6.45) is 1.44. The van der Waals surface area contributed by atoms with E-state index in [4.69, 9.17) is 46.4 Å². The predicted molar refractivity (Wildman–Crippen MR) is 85.8 cm³/mol. The maximum absolute atomic E-state index is 11.8. The van der Waals surface area contributed by atoms with Crippen LogP contribution >= 0.6 is 46.4 Å². The van der Waals surface area contributed by atoms with Gasteiger partial charge < -0.3 is 0 Å². The van der Waals surface area contributed by atoms with Gasteiger partial charge in [0, 0.05) is 5.56 Å².